The topological polar surface area (TPSA) is 83.0 Å². The van der Waals surface area contributed by atoms with E-state index in [0.29, 0.717) is 6.42 Å². The standard InChI is InChI=1S/C23H30N6OS/c1-23(2)8-7-14-15(12-23)17-18-19(31-22(17)28-20(14)24-3)21(27-13-26-18)25-9-5-11-29-10-4-6-16(29)30/h13H,4-12H2,1-3H3,(H,24,28)(H,25,26,27). The summed E-state index contributed by atoms with van der Waals surface area (Å²) in [6.45, 7) is 7.19. The van der Waals surface area contributed by atoms with Gasteiger partial charge in [0.1, 0.15) is 22.8 Å². The van der Waals surface area contributed by atoms with E-state index in [1.54, 1.807) is 17.7 Å². The molecule has 31 heavy (non-hydrogen) atoms. The fourth-order valence-corrected chi connectivity index (χ4v) is 6.08. The Morgan fingerprint density at radius 3 is 2.84 bits per heavy atom. The van der Waals surface area contributed by atoms with Gasteiger partial charge in [-0.05, 0) is 48.6 Å². The first-order chi connectivity index (χ1) is 15.0. The van der Waals surface area contributed by atoms with Gasteiger partial charge in [-0.1, -0.05) is 13.8 Å². The Balaban J connectivity index is 1.47. The van der Waals surface area contributed by atoms with E-state index in [1.165, 1.54) is 22.9 Å². The van der Waals surface area contributed by atoms with Gasteiger partial charge in [0.25, 0.3) is 0 Å². The molecule has 2 N–H and O–H groups in total. The number of carbonyl (C=O) groups excluding carboxylic acids is 1. The number of aromatic nitrogens is 3. The van der Waals surface area contributed by atoms with E-state index in [1.807, 2.05) is 11.9 Å². The monoisotopic (exact) mass is 438 g/mol. The molecule has 1 aliphatic carbocycles. The van der Waals surface area contributed by atoms with Crippen LogP contribution in [0.3, 0.4) is 0 Å². The molecule has 3 aromatic heterocycles. The summed E-state index contributed by atoms with van der Waals surface area (Å²) in [4.78, 5) is 29.0. The van der Waals surface area contributed by atoms with Gasteiger partial charge in [-0.15, -0.1) is 11.3 Å². The second kappa shape index (κ2) is 7.89. The van der Waals surface area contributed by atoms with Gasteiger partial charge in [0.15, 0.2) is 0 Å². The van der Waals surface area contributed by atoms with Gasteiger partial charge >= 0.3 is 0 Å². The van der Waals surface area contributed by atoms with Crippen LogP contribution in [-0.4, -0.2) is 52.4 Å². The van der Waals surface area contributed by atoms with Crippen molar-refractivity contribution in [2.75, 3.05) is 37.3 Å². The van der Waals surface area contributed by atoms with Gasteiger partial charge in [0, 0.05) is 38.5 Å². The second-order valence-electron chi connectivity index (χ2n) is 9.46. The zero-order chi connectivity index (χ0) is 21.6. The number of nitrogens with zero attached hydrogens (tertiary/aromatic N) is 4. The molecule has 0 unspecified atom stereocenters. The zero-order valence-corrected chi connectivity index (χ0v) is 19.4. The van der Waals surface area contributed by atoms with Crippen LogP contribution in [-0.2, 0) is 17.6 Å². The maximum atomic E-state index is 11.8. The summed E-state index contributed by atoms with van der Waals surface area (Å²) in [5.41, 5.74) is 4.03. The molecule has 8 heteroatoms. The molecule has 0 aromatic carbocycles. The Kier molecular flexibility index (Phi) is 5.20. The van der Waals surface area contributed by atoms with Crippen molar-refractivity contribution in [3.8, 4) is 0 Å². The number of amides is 1. The normalized spacial score (nSPS) is 18.0. The number of anilines is 2. The van der Waals surface area contributed by atoms with Crippen LogP contribution in [0, 0.1) is 5.41 Å². The summed E-state index contributed by atoms with van der Waals surface area (Å²) in [6, 6.07) is 0. The number of fused-ring (bicyclic) bond motifs is 5. The van der Waals surface area contributed by atoms with Gasteiger partial charge in [0.05, 0.1) is 10.2 Å². The number of pyridine rings is 1. The Labute approximate surface area is 186 Å². The molecule has 4 heterocycles. The van der Waals surface area contributed by atoms with Gasteiger partial charge < -0.3 is 15.5 Å². The summed E-state index contributed by atoms with van der Waals surface area (Å²) in [5.74, 6) is 2.16. The lowest BCUT2D eigenvalue weighted by Gasteiger charge is -2.32. The number of nitrogens with one attached hydrogen (secondary N) is 2. The first kappa shape index (κ1) is 20.4. The van der Waals surface area contributed by atoms with Crippen LogP contribution < -0.4 is 10.6 Å². The molecule has 0 saturated carbocycles. The molecule has 1 aliphatic heterocycles. The van der Waals surface area contributed by atoms with Crippen molar-refractivity contribution in [2.45, 2.75) is 52.4 Å². The molecule has 0 radical (unpaired) electrons. The lowest BCUT2D eigenvalue weighted by Crippen LogP contribution is -2.27. The van der Waals surface area contributed by atoms with Gasteiger partial charge in [0.2, 0.25) is 5.91 Å². The van der Waals surface area contributed by atoms with E-state index in [0.717, 1.165) is 72.0 Å². The number of likely N-dealkylation sites (tertiary alicyclic amines) is 1. The minimum Gasteiger partial charge on any atom is -0.373 e. The van der Waals surface area contributed by atoms with Crippen molar-refractivity contribution in [2.24, 2.45) is 5.41 Å². The first-order valence-electron chi connectivity index (χ1n) is 11.3. The Bertz CT molecular complexity index is 1150. The highest BCUT2D eigenvalue weighted by Crippen LogP contribution is 2.45. The minimum absolute atomic E-state index is 0.279. The van der Waals surface area contributed by atoms with E-state index in [4.69, 9.17) is 4.98 Å². The number of carbonyl (C=O) groups is 1. The van der Waals surface area contributed by atoms with Crippen LogP contribution in [0.5, 0.6) is 0 Å². The average molecular weight is 439 g/mol. The maximum Gasteiger partial charge on any atom is 0.222 e. The average Bonchev–Trinajstić information content (AvgIpc) is 3.33. The van der Waals surface area contributed by atoms with E-state index in [-0.39, 0.29) is 11.3 Å². The van der Waals surface area contributed by atoms with Crippen LogP contribution in [0.4, 0.5) is 11.6 Å². The summed E-state index contributed by atoms with van der Waals surface area (Å²) >= 11 is 1.67. The van der Waals surface area contributed by atoms with E-state index in [2.05, 4.69) is 34.4 Å². The lowest BCUT2D eigenvalue weighted by atomic mass is 9.74. The van der Waals surface area contributed by atoms with Gasteiger partial charge in [-0.2, -0.15) is 0 Å². The predicted molar refractivity (Wildman–Crippen MR) is 127 cm³/mol. The molecular weight excluding hydrogens is 408 g/mol. The van der Waals surface area contributed by atoms with Crippen molar-refractivity contribution in [1.29, 1.82) is 0 Å². The molecule has 5 rings (SSSR count). The molecule has 0 atom stereocenters. The molecule has 1 fully saturated rings. The molecule has 1 saturated heterocycles. The van der Waals surface area contributed by atoms with Crippen molar-refractivity contribution in [3.63, 3.8) is 0 Å². The summed E-state index contributed by atoms with van der Waals surface area (Å²) in [6.07, 6.45) is 7.52. The van der Waals surface area contributed by atoms with Gasteiger partial charge in [-0.3, -0.25) is 4.79 Å². The van der Waals surface area contributed by atoms with Crippen LogP contribution in [0.15, 0.2) is 6.33 Å². The smallest absolute Gasteiger partial charge is 0.222 e. The first-order valence-corrected chi connectivity index (χ1v) is 12.1. The van der Waals surface area contributed by atoms with Crippen molar-refractivity contribution >= 4 is 49.3 Å². The summed E-state index contributed by atoms with van der Waals surface area (Å²) in [5, 5.41) is 8.01. The van der Waals surface area contributed by atoms with Crippen LogP contribution in [0.2, 0.25) is 0 Å². The highest BCUT2D eigenvalue weighted by molar-refractivity contribution is 7.26. The molecule has 3 aromatic rings. The molecular formula is C23H30N6OS. The lowest BCUT2D eigenvalue weighted by molar-refractivity contribution is -0.127. The molecule has 164 valence electrons. The fraction of sp³-hybridized carbons (Fsp3) is 0.565. The quantitative estimate of drug-likeness (QED) is 0.561. The summed E-state index contributed by atoms with van der Waals surface area (Å²) in [7, 11) is 1.96. The SMILES string of the molecule is CNc1nc2sc3c(NCCCN4CCCC4=O)ncnc3c2c2c1CCC(C)(C)C2. The molecule has 2 aliphatic rings. The van der Waals surface area contributed by atoms with Crippen LogP contribution in [0.25, 0.3) is 20.4 Å². The summed E-state index contributed by atoms with van der Waals surface area (Å²) < 4.78 is 1.07. The molecule has 0 spiro atoms. The Hall–Kier alpha value is -2.48. The third-order valence-electron chi connectivity index (χ3n) is 6.63. The fourth-order valence-electron chi connectivity index (χ4n) is 4.96. The number of thiophene rings is 1. The van der Waals surface area contributed by atoms with E-state index < -0.39 is 0 Å². The van der Waals surface area contributed by atoms with Crippen LogP contribution >= 0.6 is 11.3 Å². The van der Waals surface area contributed by atoms with Crippen LogP contribution in [0.1, 0.15) is 50.7 Å². The minimum atomic E-state index is 0.279. The van der Waals surface area contributed by atoms with Crippen molar-refractivity contribution in [1.82, 2.24) is 19.9 Å². The predicted octanol–water partition coefficient (Wildman–Crippen LogP) is 4.22. The Morgan fingerprint density at radius 1 is 1.19 bits per heavy atom. The highest BCUT2D eigenvalue weighted by atomic mass is 32.1. The number of rotatable bonds is 6. The van der Waals surface area contributed by atoms with Gasteiger partial charge in [-0.25, -0.2) is 15.0 Å². The number of hydrogen-bond donors (Lipinski definition) is 2. The van der Waals surface area contributed by atoms with E-state index in [9.17, 15) is 4.79 Å². The molecule has 1 amide bonds. The zero-order valence-electron chi connectivity index (χ0n) is 18.5. The van der Waals surface area contributed by atoms with Crippen molar-refractivity contribution < 1.29 is 4.79 Å². The molecule has 0 bridgehead atoms. The third kappa shape index (κ3) is 3.71. The third-order valence-corrected chi connectivity index (χ3v) is 7.71. The second-order valence-corrected chi connectivity index (χ2v) is 10.5. The maximum absolute atomic E-state index is 11.8. The van der Waals surface area contributed by atoms with E-state index >= 15 is 0 Å². The largest absolute Gasteiger partial charge is 0.373 e. The Morgan fingerprint density at radius 2 is 2.06 bits per heavy atom. The number of hydrogen-bond acceptors (Lipinski definition) is 7. The molecule has 7 nitrogen and oxygen atoms in total. The van der Waals surface area contributed by atoms with Crippen molar-refractivity contribution in [3.05, 3.63) is 17.5 Å². The highest BCUT2D eigenvalue weighted by Gasteiger charge is 2.31.